The first-order valence-corrected chi connectivity index (χ1v) is 3.98. The van der Waals surface area contributed by atoms with Crippen molar-refractivity contribution in [3.8, 4) is 12.3 Å². The predicted molar refractivity (Wildman–Crippen MR) is 53.3 cm³/mol. The lowest BCUT2D eigenvalue weighted by atomic mass is 10.1. The zero-order valence-corrected chi connectivity index (χ0v) is 7.52. The van der Waals surface area contributed by atoms with Gasteiger partial charge in [-0.15, -0.1) is 12.3 Å². The van der Waals surface area contributed by atoms with Crippen molar-refractivity contribution < 1.29 is 0 Å². The predicted octanol–water partition coefficient (Wildman–Crippen LogP) is 2.21. The second kappa shape index (κ2) is 3.82. The molecule has 1 heteroatoms. The summed E-state index contributed by atoms with van der Waals surface area (Å²) >= 11 is 0. The first kappa shape index (κ1) is 8.67. The minimum absolute atomic E-state index is 0.692. The molecule has 0 fully saturated rings. The Labute approximate surface area is 73.8 Å². The molecule has 0 saturated carbocycles. The van der Waals surface area contributed by atoms with E-state index in [2.05, 4.69) is 36.4 Å². The first-order valence-electron chi connectivity index (χ1n) is 3.98. The maximum atomic E-state index is 5.26. The van der Waals surface area contributed by atoms with Crippen LogP contribution in [0.3, 0.4) is 0 Å². The van der Waals surface area contributed by atoms with Crippen LogP contribution in [0.5, 0.6) is 0 Å². The van der Waals surface area contributed by atoms with Gasteiger partial charge in [-0.25, -0.2) is 0 Å². The van der Waals surface area contributed by atoms with Crippen LogP contribution >= 0.6 is 0 Å². The molecule has 0 amide bonds. The normalized spacial score (nSPS) is 9.08. The van der Waals surface area contributed by atoms with E-state index in [0.29, 0.717) is 6.42 Å². The van der Waals surface area contributed by atoms with E-state index in [-0.39, 0.29) is 0 Å². The molecule has 0 spiro atoms. The fraction of sp³-hybridized carbons (Fsp3) is 0.273. The van der Waals surface area contributed by atoms with Gasteiger partial charge >= 0.3 is 0 Å². The number of hydrogen-bond acceptors (Lipinski definition) is 1. The Morgan fingerprint density at radius 3 is 2.83 bits per heavy atom. The van der Waals surface area contributed by atoms with Crippen LogP contribution in [-0.4, -0.2) is 7.05 Å². The molecule has 0 saturated heterocycles. The van der Waals surface area contributed by atoms with Gasteiger partial charge in [0, 0.05) is 19.2 Å². The van der Waals surface area contributed by atoms with Crippen LogP contribution in [0, 0.1) is 19.3 Å². The summed E-state index contributed by atoms with van der Waals surface area (Å²) in [5.41, 5.74) is 3.57. The number of aryl methyl sites for hydroxylation is 1. The van der Waals surface area contributed by atoms with E-state index in [9.17, 15) is 0 Å². The lowest BCUT2D eigenvalue weighted by molar-refractivity contribution is 1.27. The van der Waals surface area contributed by atoms with Gasteiger partial charge < -0.3 is 5.32 Å². The van der Waals surface area contributed by atoms with E-state index in [1.807, 2.05) is 7.05 Å². The van der Waals surface area contributed by atoms with Crippen molar-refractivity contribution in [2.45, 2.75) is 13.3 Å². The van der Waals surface area contributed by atoms with Crippen molar-refractivity contribution >= 4 is 5.69 Å². The van der Waals surface area contributed by atoms with Gasteiger partial charge in [0.1, 0.15) is 0 Å². The molecule has 0 aliphatic rings. The highest BCUT2D eigenvalue weighted by Crippen LogP contribution is 2.16. The minimum Gasteiger partial charge on any atom is -0.388 e. The molecule has 0 aliphatic carbocycles. The van der Waals surface area contributed by atoms with Gasteiger partial charge in [-0.3, -0.25) is 0 Å². The van der Waals surface area contributed by atoms with E-state index >= 15 is 0 Å². The SMILES string of the molecule is C#CCc1cc(C)ccc1NC. The average molecular weight is 159 g/mol. The van der Waals surface area contributed by atoms with Crippen LogP contribution in [0.15, 0.2) is 18.2 Å². The van der Waals surface area contributed by atoms with Gasteiger partial charge in [-0.1, -0.05) is 17.7 Å². The summed E-state index contributed by atoms with van der Waals surface area (Å²) in [5.74, 6) is 2.65. The van der Waals surface area contributed by atoms with Crippen LogP contribution in [0.1, 0.15) is 11.1 Å². The third-order valence-corrected chi connectivity index (χ3v) is 1.82. The van der Waals surface area contributed by atoms with Crippen molar-refractivity contribution in [3.05, 3.63) is 29.3 Å². The lowest BCUT2D eigenvalue weighted by Crippen LogP contribution is -1.94. The van der Waals surface area contributed by atoms with Crippen LogP contribution in [0.4, 0.5) is 5.69 Å². The second-order valence-corrected chi connectivity index (χ2v) is 2.79. The van der Waals surface area contributed by atoms with Gasteiger partial charge in [0.05, 0.1) is 0 Å². The highest BCUT2D eigenvalue weighted by molar-refractivity contribution is 5.53. The van der Waals surface area contributed by atoms with Crippen molar-refractivity contribution in [2.75, 3.05) is 12.4 Å². The molecule has 1 aromatic carbocycles. The second-order valence-electron chi connectivity index (χ2n) is 2.79. The van der Waals surface area contributed by atoms with Gasteiger partial charge in [0.2, 0.25) is 0 Å². The smallest absolute Gasteiger partial charge is 0.0380 e. The molecule has 0 atom stereocenters. The first-order chi connectivity index (χ1) is 5.77. The number of benzene rings is 1. The standard InChI is InChI=1S/C11H13N/c1-4-5-10-8-9(2)6-7-11(10)12-3/h1,6-8,12H,5H2,2-3H3. The summed E-state index contributed by atoms with van der Waals surface area (Å²) in [6, 6.07) is 6.25. The van der Waals surface area contributed by atoms with Crippen molar-refractivity contribution in [3.63, 3.8) is 0 Å². The highest BCUT2D eigenvalue weighted by Gasteiger charge is 1.98. The van der Waals surface area contributed by atoms with Crippen LogP contribution < -0.4 is 5.32 Å². The van der Waals surface area contributed by atoms with Crippen LogP contribution in [0.25, 0.3) is 0 Å². The molecule has 1 rings (SSSR count). The van der Waals surface area contributed by atoms with Crippen molar-refractivity contribution in [1.82, 2.24) is 0 Å². The Morgan fingerprint density at radius 1 is 1.50 bits per heavy atom. The molecule has 1 aromatic rings. The number of anilines is 1. The molecule has 0 aliphatic heterocycles. The van der Waals surface area contributed by atoms with Gasteiger partial charge in [0.25, 0.3) is 0 Å². The van der Waals surface area contributed by atoms with Crippen molar-refractivity contribution in [2.24, 2.45) is 0 Å². The maximum Gasteiger partial charge on any atom is 0.0380 e. The number of nitrogens with one attached hydrogen (secondary N) is 1. The summed E-state index contributed by atoms with van der Waals surface area (Å²) < 4.78 is 0. The molecule has 12 heavy (non-hydrogen) atoms. The Kier molecular flexibility index (Phi) is 2.76. The molecule has 1 nitrogen and oxygen atoms in total. The molecular weight excluding hydrogens is 146 g/mol. The quantitative estimate of drug-likeness (QED) is 0.652. The van der Waals surface area contributed by atoms with E-state index in [0.717, 1.165) is 5.69 Å². The Balaban J connectivity index is 3.05. The minimum atomic E-state index is 0.692. The average Bonchev–Trinajstić information content (AvgIpc) is 2.05. The van der Waals surface area contributed by atoms with E-state index in [4.69, 9.17) is 6.42 Å². The van der Waals surface area contributed by atoms with Gasteiger partial charge in [-0.2, -0.15) is 0 Å². The third kappa shape index (κ3) is 1.79. The van der Waals surface area contributed by atoms with E-state index < -0.39 is 0 Å². The fourth-order valence-electron chi connectivity index (χ4n) is 1.22. The molecule has 0 heterocycles. The number of rotatable bonds is 2. The summed E-state index contributed by atoms with van der Waals surface area (Å²) in [6.07, 6.45) is 5.95. The summed E-state index contributed by atoms with van der Waals surface area (Å²) in [4.78, 5) is 0. The van der Waals surface area contributed by atoms with Gasteiger partial charge in [0.15, 0.2) is 0 Å². The number of hydrogen-bond donors (Lipinski definition) is 1. The van der Waals surface area contributed by atoms with Crippen molar-refractivity contribution in [1.29, 1.82) is 0 Å². The Hall–Kier alpha value is -1.42. The highest BCUT2D eigenvalue weighted by atomic mass is 14.8. The Morgan fingerprint density at radius 2 is 2.25 bits per heavy atom. The van der Waals surface area contributed by atoms with E-state index in [1.165, 1.54) is 11.1 Å². The zero-order chi connectivity index (χ0) is 8.97. The fourth-order valence-corrected chi connectivity index (χ4v) is 1.22. The number of terminal acetylenes is 1. The van der Waals surface area contributed by atoms with Gasteiger partial charge in [-0.05, 0) is 18.6 Å². The topological polar surface area (TPSA) is 12.0 Å². The largest absolute Gasteiger partial charge is 0.388 e. The molecule has 1 N–H and O–H groups in total. The lowest BCUT2D eigenvalue weighted by Gasteiger charge is -2.06. The summed E-state index contributed by atoms with van der Waals surface area (Å²) in [7, 11) is 1.91. The zero-order valence-electron chi connectivity index (χ0n) is 7.52. The molecule has 62 valence electrons. The molecule has 0 radical (unpaired) electrons. The maximum absolute atomic E-state index is 5.26. The molecule has 0 unspecified atom stereocenters. The van der Waals surface area contributed by atoms with Crippen LogP contribution in [-0.2, 0) is 6.42 Å². The van der Waals surface area contributed by atoms with E-state index in [1.54, 1.807) is 0 Å². The summed E-state index contributed by atoms with van der Waals surface area (Å²) in [5, 5.41) is 3.11. The monoisotopic (exact) mass is 159 g/mol. The Bertz CT molecular complexity index is 307. The molecule has 0 aromatic heterocycles. The molecular formula is C11H13N. The third-order valence-electron chi connectivity index (χ3n) is 1.82. The molecule has 0 bridgehead atoms. The van der Waals surface area contributed by atoms with Crippen LogP contribution in [0.2, 0.25) is 0 Å². The summed E-state index contributed by atoms with van der Waals surface area (Å²) in [6.45, 7) is 2.07.